The minimum atomic E-state index is -4.09. The van der Waals surface area contributed by atoms with E-state index in [9.17, 15) is 13.2 Å². The van der Waals surface area contributed by atoms with Crippen molar-refractivity contribution < 1.29 is 22.7 Å². The molecule has 0 spiro atoms. The lowest BCUT2D eigenvalue weighted by atomic mass is 9.93. The second-order valence-corrected chi connectivity index (χ2v) is 10.6. The predicted octanol–water partition coefficient (Wildman–Crippen LogP) is 4.38. The maximum Gasteiger partial charge on any atom is 0.328 e. The van der Waals surface area contributed by atoms with E-state index in [2.05, 4.69) is 4.98 Å². The molecule has 0 bridgehead atoms. The highest BCUT2D eigenvalue weighted by Gasteiger charge is 2.53. The minimum Gasteiger partial charge on any atom is -0.497 e. The van der Waals surface area contributed by atoms with Gasteiger partial charge in [0.25, 0.3) is 0 Å². The normalized spacial score (nSPS) is 14.0. The molecule has 0 saturated carbocycles. The topological polar surface area (TPSA) is 82.6 Å². The van der Waals surface area contributed by atoms with Crippen LogP contribution >= 0.6 is 0 Å². The van der Waals surface area contributed by atoms with Gasteiger partial charge < -0.3 is 9.47 Å². The van der Waals surface area contributed by atoms with E-state index >= 15 is 0 Å². The summed E-state index contributed by atoms with van der Waals surface area (Å²) >= 11 is 0. The minimum absolute atomic E-state index is 0.00981. The van der Waals surface area contributed by atoms with Crippen molar-refractivity contribution in [2.75, 3.05) is 7.11 Å². The van der Waals surface area contributed by atoms with Crippen molar-refractivity contribution in [2.24, 2.45) is 0 Å². The molecule has 1 atom stereocenters. The van der Waals surface area contributed by atoms with E-state index in [0.29, 0.717) is 17.7 Å². The highest BCUT2D eigenvalue weighted by molar-refractivity contribution is 7.93. The Morgan fingerprint density at radius 3 is 2.27 bits per heavy atom. The summed E-state index contributed by atoms with van der Waals surface area (Å²) in [6.07, 6.45) is 4.66. The zero-order valence-corrected chi connectivity index (χ0v) is 19.2. The van der Waals surface area contributed by atoms with E-state index in [1.807, 2.05) is 6.92 Å². The molecule has 1 aromatic carbocycles. The van der Waals surface area contributed by atoms with Gasteiger partial charge in [0.15, 0.2) is 14.6 Å². The zero-order valence-electron chi connectivity index (χ0n) is 18.3. The third-order valence-electron chi connectivity index (χ3n) is 4.80. The molecular formula is C23H31NO5S. The second-order valence-electron chi connectivity index (χ2n) is 8.32. The first kappa shape index (κ1) is 23.9. The van der Waals surface area contributed by atoms with Crippen LogP contribution in [-0.2, 0) is 25.8 Å². The maximum absolute atomic E-state index is 13.9. The number of unbranched alkanes of at least 4 members (excludes halogenated alkanes) is 1. The molecule has 7 heteroatoms. The number of methoxy groups -OCH3 is 1. The fourth-order valence-electron chi connectivity index (χ4n) is 3.25. The van der Waals surface area contributed by atoms with Crippen LogP contribution in [0, 0.1) is 0 Å². The number of esters is 1. The molecule has 0 aliphatic carbocycles. The average molecular weight is 434 g/mol. The molecule has 0 aliphatic rings. The Morgan fingerprint density at radius 2 is 1.77 bits per heavy atom. The fraction of sp³-hybridized carbons (Fsp3) is 0.478. The Bertz CT molecular complexity index is 934. The summed E-state index contributed by atoms with van der Waals surface area (Å²) in [7, 11) is -2.58. The Morgan fingerprint density at radius 1 is 1.10 bits per heavy atom. The van der Waals surface area contributed by atoms with Gasteiger partial charge in [0.1, 0.15) is 11.4 Å². The van der Waals surface area contributed by atoms with Gasteiger partial charge in [-0.05, 0) is 63.1 Å². The van der Waals surface area contributed by atoms with Gasteiger partial charge in [-0.15, -0.1) is 0 Å². The largest absolute Gasteiger partial charge is 0.497 e. The quantitative estimate of drug-likeness (QED) is 0.546. The van der Waals surface area contributed by atoms with Crippen molar-refractivity contribution in [1.82, 2.24) is 4.98 Å². The number of rotatable bonds is 9. The van der Waals surface area contributed by atoms with Crippen LogP contribution in [0.2, 0.25) is 0 Å². The summed E-state index contributed by atoms with van der Waals surface area (Å²) in [5.74, 6) is -0.194. The van der Waals surface area contributed by atoms with Gasteiger partial charge in [-0.25, -0.2) is 8.42 Å². The van der Waals surface area contributed by atoms with Gasteiger partial charge in [0, 0.05) is 18.8 Å². The van der Waals surface area contributed by atoms with Crippen LogP contribution in [0.3, 0.4) is 0 Å². The fourth-order valence-corrected chi connectivity index (χ4v) is 5.22. The van der Waals surface area contributed by atoms with E-state index < -0.39 is 26.2 Å². The lowest BCUT2D eigenvalue weighted by Crippen LogP contribution is -2.51. The summed E-state index contributed by atoms with van der Waals surface area (Å²) < 4.78 is 36.9. The van der Waals surface area contributed by atoms with Crippen LogP contribution < -0.4 is 4.74 Å². The number of nitrogens with zero attached hydrogens (tertiary/aromatic N) is 1. The van der Waals surface area contributed by atoms with Crippen LogP contribution in [0.5, 0.6) is 5.75 Å². The van der Waals surface area contributed by atoms with E-state index in [-0.39, 0.29) is 17.7 Å². The molecule has 0 fully saturated rings. The van der Waals surface area contributed by atoms with Crippen LogP contribution in [0.4, 0.5) is 0 Å². The number of aromatic nitrogens is 1. The van der Waals surface area contributed by atoms with Gasteiger partial charge in [0.05, 0.1) is 12.0 Å². The molecule has 30 heavy (non-hydrogen) atoms. The van der Waals surface area contributed by atoms with Gasteiger partial charge in [0.2, 0.25) is 0 Å². The summed E-state index contributed by atoms with van der Waals surface area (Å²) in [5.41, 5.74) is -0.157. The van der Waals surface area contributed by atoms with E-state index in [1.54, 1.807) is 57.4 Å². The molecule has 2 aromatic rings. The van der Waals surface area contributed by atoms with Crippen molar-refractivity contribution >= 4 is 15.8 Å². The number of hydrogen-bond acceptors (Lipinski definition) is 6. The molecule has 1 heterocycles. The number of ether oxygens (including phenoxy) is 2. The molecule has 1 aromatic heterocycles. The van der Waals surface area contributed by atoms with Crippen molar-refractivity contribution in [2.45, 2.75) is 68.6 Å². The number of carbonyl (C=O) groups excluding carboxylic acids is 1. The lowest BCUT2D eigenvalue weighted by Gasteiger charge is -2.34. The van der Waals surface area contributed by atoms with Crippen molar-refractivity contribution in [1.29, 1.82) is 0 Å². The first-order chi connectivity index (χ1) is 14.1. The molecule has 0 N–H and O–H groups in total. The molecule has 1 unspecified atom stereocenters. The van der Waals surface area contributed by atoms with Crippen LogP contribution in [0.1, 0.15) is 52.5 Å². The molecule has 164 valence electrons. The van der Waals surface area contributed by atoms with Crippen LogP contribution in [0.25, 0.3) is 0 Å². The monoisotopic (exact) mass is 433 g/mol. The van der Waals surface area contributed by atoms with Crippen molar-refractivity contribution in [3.8, 4) is 5.75 Å². The third-order valence-corrected chi connectivity index (χ3v) is 7.24. The van der Waals surface area contributed by atoms with Crippen molar-refractivity contribution in [3.05, 3.63) is 54.4 Å². The van der Waals surface area contributed by atoms with E-state index in [1.165, 1.54) is 19.2 Å². The first-order valence-corrected chi connectivity index (χ1v) is 11.5. The molecule has 0 saturated heterocycles. The number of hydrogen-bond donors (Lipinski definition) is 0. The van der Waals surface area contributed by atoms with Crippen molar-refractivity contribution in [3.63, 3.8) is 0 Å². The van der Waals surface area contributed by atoms with Gasteiger partial charge in [-0.3, -0.25) is 9.78 Å². The Balaban J connectivity index is 2.67. The number of benzene rings is 1. The molecule has 0 aliphatic heterocycles. The van der Waals surface area contributed by atoms with Crippen LogP contribution in [0.15, 0.2) is 53.7 Å². The zero-order chi connectivity index (χ0) is 22.4. The number of sulfone groups is 1. The molecular weight excluding hydrogens is 402 g/mol. The molecule has 2 rings (SSSR count). The third kappa shape index (κ3) is 5.39. The second kappa shape index (κ2) is 9.60. The summed E-state index contributed by atoms with van der Waals surface area (Å²) in [6.45, 7) is 7.17. The Hall–Kier alpha value is -2.41. The SMILES string of the molecule is CCCCC(Cc1cccnc1)(C(=O)OC(C)(C)C)S(=O)(=O)c1ccc(OC)cc1. The maximum atomic E-state index is 13.9. The smallest absolute Gasteiger partial charge is 0.328 e. The highest BCUT2D eigenvalue weighted by Crippen LogP contribution is 2.37. The average Bonchev–Trinajstić information content (AvgIpc) is 2.70. The lowest BCUT2D eigenvalue weighted by molar-refractivity contribution is -0.158. The Kier molecular flexibility index (Phi) is 7.64. The standard InChI is InChI=1S/C23H31NO5S/c1-6-7-14-23(21(25)29-22(2,3)4,16-18-9-8-15-24-17-18)30(26,27)20-12-10-19(28-5)11-13-20/h8-13,15,17H,6-7,14,16H2,1-5H3. The summed E-state index contributed by atoms with van der Waals surface area (Å²) in [5, 5.41) is 0. The number of pyridine rings is 1. The molecule has 0 radical (unpaired) electrons. The molecule has 0 amide bonds. The van der Waals surface area contributed by atoms with Crippen LogP contribution in [-0.4, -0.2) is 36.8 Å². The number of carbonyl (C=O) groups is 1. The highest BCUT2D eigenvalue weighted by atomic mass is 32.2. The first-order valence-electron chi connectivity index (χ1n) is 10.1. The Labute approximate surface area is 179 Å². The predicted molar refractivity (Wildman–Crippen MR) is 116 cm³/mol. The van der Waals surface area contributed by atoms with E-state index in [0.717, 1.165) is 6.42 Å². The van der Waals surface area contributed by atoms with Gasteiger partial charge in [-0.1, -0.05) is 25.8 Å². The van der Waals surface area contributed by atoms with Gasteiger partial charge in [-0.2, -0.15) is 0 Å². The van der Waals surface area contributed by atoms with Gasteiger partial charge >= 0.3 is 5.97 Å². The summed E-state index contributed by atoms with van der Waals surface area (Å²) in [4.78, 5) is 17.6. The van der Waals surface area contributed by atoms with E-state index in [4.69, 9.17) is 9.47 Å². The molecule has 6 nitrogen and oxygen atoms in total. The summed E-state index contributed by atoms with van der Waals surface area (Å²) in [6, 6.07) is 9.62.